The van der Waals surface area contributed by atoms with E-state index in [-0.39, 0.29) is 23.1 Å². The second-order valence-electron chi connectivity index (χ2n) is 6.44. The van der Waals surface area contributed by atoms with Gasteiger partial charge in [-0.25, -0.2) is 14.5 Å². The number of halogens is 2. The van der Waals surface area contributed by atoms with Crippen LogP contribution in [0.4, 0.5) is 0 Å². The number of fused-ring (bicyclic) bond motifs is 1. The van der Waals surface area contributed by atoms with E-state index in [4.69, 9.17) is 28.3 Å². The zero-order valence-corrected chi connectivity index (χ0v) is 16.7. The summed E-state index contributed by atoms with van der Waals surface area (Å²) in [5.41, 5.74) is 1.60. The maximum Gasteiger partial charge on any atom is 0.338 e. The number of benzene rings is 1. The van der Waals surface area contributed by atoms with Crippen molar-refractivity contribution in [2.45, 2.75) is 19.9 Å². The van der Waals surface area contributed by atoms with Gasteiger partial charge in [-0.05, 0) is 31.5 Å². The molecule has 0 radical (unpaired) electrons. The lowest BCUT2D eigenvalue weighted by atomic mass is 10.1. The zero-order chi connectivity index (χ0) is 20.9. The van der Waals surface area contributed by atoms with Gasteiger partial charge in [-0.1, -0.05) is 29.3 Å². The lowest BCUT2D eigenvalue weighted by Crippen LogP contribution is -2.19. The van der Waals surface area contributed by atoms with E-state index in [1.54, 1.807) is 23.7 Å². The van der Waals surface area contributed by atoms with Crippen molar-refractivity contribution < 1.29 is 9.90 Å². The average molecular weight is 433 g/mol. The van der Waals surface area contributed by atoms with Gasteiger partial charge in [-0.15, -0.1) is 0 Å². The lowest BCUT2D eigenvalue weighted by molar-refractivity contribution is 0.0697. The van der Waals surface area contributed by atoms with Crippen LogP contribution in [0.2, 0.25) is 10.0 Å². The van der Waals surface area contributed by atoms with Crippen molar-refractivity contribution in [3.05, 3.63) is 67.8 Å². The molecular formula is C18H14Cl2N6O3. The molecule has 0 fully saturated rings. The van der Waals surface area contributed by atoms with Gasteiger partial charge in [0.25, 0.3) is 5.56 Å². The first kappa shape index (κ1) is 19.2. The molecule has 0 saturated heterocycles. The van der Waals surface area contributed by atoms with Crippen LogP contribution < -0.4 is 5.56 Å². The Hall–Kier alpha value is -3.17. The molecule has 1 aromatic carbocycles. The van der Waals surface area contributed by atoms with Gasteiger partial charge in [0.2, 0.25) is 5.95 Å². The number of carboxylic acid groups (broad SMARTS) is 1. The summed E-state index contributed by atoms with van der Waals surface area (Å²) in [7, 11) is 0. The Labute approximate surface area is 173 Å². The van der Waals surface area contributed by atoms with Gasteiger partial charge in [-0.3, -0.25) is 14.5 Å². The molecule has 29 heavy (non-hydrogen) atoms. The van der Waals surface area contributed by atoms with Crippen molar-refractivity contribution in [2.24, 2.45) is 0 Å². The van der Waals surface area contributed by atoms with Gasteiger partial charge >= 0.3 is 5.97 Å². The first-order valence-electron chi connectivity index (χ1n) is 8.48. The summed E-state index contributed by atoms with van der Waals surface area (Å²) in [6, 6.07) is 4.92. The predicted molar refractivity (Wildman–Crippen MR) is 107 cm³/mol. The van der Waals surface area contributed by atoms with Crippen molar-refractivity contribution in [3.8, 4) is 5.95 Å². The summed E-state index contributed by atoms with van der Waals surface area (Å²) < 4.78 is 2.77. The monoisotopic (exact) mass is 432 g/mol. The van der Waals surface area contributed by atoms with Crippen molar-refractivity contribution in [1.29, 1.82) is 0 Å². The molecule has 0 aliphatic heterocycles. The van der Waals surface area contributed by atoms with Crippen LogP contribution in [0.25, 0.3) is 17.0 Å². The Morgan fingerprint density at radius 3 is 2.69 bits per heavy atom. The highest BCUT2D eigenvalue weighted by Crippen LogP contribution is 2.28. The molecule has 3 heterocycles. The standard InChI is InChI=1S/C18H14Cl2N6O3/c1-8-14-15(26(24-8)9(2)10-3-4-12(19)13(20)5-10)16(27)23-18(22-14)25-7-11(6-21-25)17(28)29/h3-7,9H,1-2H3,(H,28,29)(H,22,23,27)/t9-/m0/s1. The SMILES string of the molecule is Cc1nn([C@@H](C)c2ccc(Cl)c(Cl)c2)c2c(=O)[nH]c(-n3cc(C(=O)O)cn3)nc12. The van der Waals surface area contributed by atoms with Crippen LogP contribution in [-0.2, 0) is 0 Å². The number of carboxylic acids is 1. The van der Waals surface area contributed by atoms with Crippen molar-refractivity contribution in [2.75, 3.05) is 0 Å². The Bertz CT molecular complexity index is 1320. The fraction of sp³-hybridized carbons (Fsp3) is 0.167. The number of H-pyrrole nitrogens is 1. The van der Waals surface area contributed by atoms with E-state index in [0.29, 0.717) is 21.3 Å². The summed E-state index contributed by atoms with van der Waals surface area (Å²) in [6.45, 7) is 3.62. The highest BCUT2D eigenvalue weighted by Gasteiger charge is 2.20. The number of hydrogen-bond acceptors (Lipinski definition) is 5. The molecule has 0 unspecified atom stereocenters. The molecule has 0 aliphatic rings. The number of carbonyl (C=O) groups is 1. The minimum atomic E-state index is -1.13. The summed E-state index contributed by atoms with van der Waals surface area (Å²) >= 11 is 12.1. The lowest BCUT2D eigenvalue weighted by Gasteiger charge is -2.14. The van der Waals surface area contributed by atoms with E-state index in [9.17, 15) is 9.59 Å². The van der Waals surface area contributed by atoms with E-state index in [1.807, 2.05) is 13.0 Å². The Kier molecular flexibility index (Phi) is 4.64. The number of hydrogen-bond donors (Lipinski definition) is 2. The Morgan fingerprint density at radius 2 is 2.03 bits per heavy atom. The molecule has 0 spiro atoms. The molecule has 11 heteroatoms. The van der Waals surface area contributed by atoms with Crippen molar-refractivity contribution in [3.63, 3.8) is 0 Å². The van der Waals surface area contributed by atoms with Crippen LogP contribution in [0.5, 0.6) is 0 Å². The molecule has 2 N–H and O–H groups in total. The summed E-state index contributed by atoms with van der Waals surface area (Å²) in [5, 5.41) is 18.3. The fourth-order valence-corrected chi connectivity index (χ4v) is 3.34. The first-order valence-corrected chi connectivity index (χ1v) is 9.24. The van der Waals surface area contributed by atoms with Crippen LogP contribution in [0.15, 0.2) is 35.4 Å². The fourth-order valence-electron chi connectivity index (χ4n) is 3.03. The minimum Gasteiger partial charge on any atom is -0.478 e. The molecule has 3 aromatic heterocycles. The number of rotatable bonds is 4. The topological polar surface area (TPSA) is 119 Å². The first-order chi connectivity index (χ1) is 13.8. The number of nitrogens with zero attached hydrogens (tertiary/aromatic N) is 5. The molecule has 0 saturated carbocycles. The number of aryl methyl sites for hydroxylation is 1. The number of aromatic nitrogens is 6. The molecule has 9 nitrogen and oxygen atoms in total. The smallest absolute Gasteiger partial charge is 0.338 e. The van der Waals surface area contributed by atoms with Crippen LogP contribution in [0.3, 0.4) is 0 Å². The van der Waals surface area contributed by atoms with E-state index in [1.165, 1.54) is 17.1 Å². The average Bonchev–Trinajstić information content (AvgIpc) is 3.29. The van der Waals surface area contributed by atoms with Gasteiger partial charge in [0.1, 0.15) is 5.52 Å². The molecule has 4 rings (SSSR count). The quantitative estimate of drug-likeness (QED) is 0.510. The van der Waals surface area contributed by atoms with Gasteiger partial charge in [0.15, 0.2) is 5.52 Å². The number of nitrogens with one attached hydrogen (secondary N) is 1. The third kappa shape index (κ3) is 3.28. The maximum absolute atomic E-state index is 12.8. The minimum absolute atomic E-state index is 0.0200. The molecular weight excluding hydrogens is 419 g/mol. The highest BCUT2D eigenvalue weighted by molar-refractivity contribution is 6.42. The second-order valence-corrected chi connectivity index (χ2v) is 7.26. The van der Waals surface area contributed by atoms with E-state index in [2.05, 4.69) is 20.2 Å². The molecule has 0 bridgehead atoms. The van der Waals surface area contributed by atoms with Crippen LogP contribution in [0, 0.1) is 6.92 Å². The van der Waals surface area contributed by atoms with E-state index < -0.39 is 11.5 Å². The van der Waals surface area contributed by atoms with Gasteiger partial charge in [0, 0.05) is 6.20 Å². The van der Waals surface area contributed by atoms with Crippen LogP contribution >= 0.6 is 23.2 Å². The molecule has 148 valence electrons. The van der Waals surface area contributed by atoms with Crippen molar-refractivity contribution >= 4 is 40.2 Å². The largest absolute Gasteiger partial charge is 0.478 e. The Morgan fingerprint density at radius 1 is 1.28 bits per heavy atom. The Balaban J connectivity index is 1.84. The van der Waals surface area contributed by atoms with Crippen LogP contribution in [0.1, 0.15) is 34.6 Å². The van der Waals surface area contributed by atoms with Crippen molar-refractivity contribution in [1.82, 2.24) is 29.5 Å². The van der Waals surface area contributed by atoms with Gasteiger partial charge in [0.05, 0.1) is 33.5 Å². The molecule has 4 aromatic rings. The second kappa shape index (κ2) is 7.02. The summed E-state index contributed by atoms with van der Waals surface area (Å²) in [6.07, 6.45) is 2.44. The number of aromatic amines is 1. The van der Waals surface area contributed by atoms with Crippen LogP contribution in [-0.4, -0.2) is 40.6 Å². The summed E-state index contributed by atoms with van der Waals surface area (Å²) in [4.78, 5) is 31.0. The molecule has 0 aliphatic carbocycles. The number of aromatic carboxylic acids is 1. The maximum atomic E-state index is 12.8. The highest BCUT2D eigenvalue weighted by atomic mass is 35.5. The molecule has 0 amide bonds. The normalized spacial score (nSPS) is 12.4. The van der Waals surface area contributed by atoms with Gasteiger partial charge in [-0.2, -0.15) is 10.2 Å². The third-order valence-electron chi connectivity index (χ3n) is 4.55. The molecule has 1 atom stereocenters. The predicted octanol–water partition coefficient (Wildman–Crippen LogP) is 3.23. The third-order valence-corrected chi connectivity index (χ3v) is 5.29. The zero-order valence-electron chi connectivity index (χ0n) is 15.2. The summed E-state index contributed by atoms with van der Waals surface area (Å²) in [5.74, 6) is -1.03. The van der Waals surface area contributed by atoms with E-state index in [0.717, 1.165) is 5.56 Å². The van der Waals surface area contributed by atoms with Gasteiger partial charge < -0.3 is 5.11 Å². The van der Waals surface area contributed by atoms with E-state index >= 15 is 0 Å².